The minimum Gasteiger partial charge on any atom is -0.394 e. The second kappa shape index (κ2) is 5.68. The molecular formula is C15H28N2O2. The molecule has 1 aliphatic carbocycles. The van der Waals surface area contributed by atoms with Gasteiger partial charge in [-0.15, -0.1) is 0 Å². The molecule has 110 valence electrons. The van der Waals surface area contributed by atoms with E-state index in [0.29, 0.717) is 18.2 Å². The first-order valence-corrected chi connectivity index (χ1v) is 7.93. The summed E-state index contributed by atoms with van der Waals surface area (Å²) in [5.74, 6) is 0. The number of morpholine rings is 1. The fraction of sp³-hybridized carbons (Fsp3) is 1.00. The molecule has 2 aliphatic heterocycles. The molecule has 2 N–H and O–H groups in total. The number of aliphatic hydroxyl groups excluding tert-OH is 1. The Morgan fingerprint density at radius 3 is 2.47 bits per heavy atom. The van der Waals surface area contributed by atoms with Gasteiger partial charge in [0, 0.05) is 24.7 Å². The number of nitrogens with zero attached hydrogens (tertiary/aromatic N) is 1. The third-order valence-electron chi connectivity index (χ3n) is 4.80. The highest BCUT2D eigenvalue weighted by Gasteiger charge is 2.34. The maximum atomic E-state index is 9.60. The molecule has 3 aliphatic rings. The van der Waals surface area contributed by atoms with E-state index < -0.39 is 0 Å². The summed E-state index contributed by atoms with van der Waals surface area (Å²) in [4.78, 5) is 2.56. The quantitative estimate of drug-likeness (QED) is 0.726. The van der Waals surface area contributed by atoms with E-state index in [1.54, 1.807) is 0 Å². The van der Waals surface area contributed by atoms with Crippen molar-refractivity contribution in [3.63, 3.8) is 0 Å². The van der Waals surface area contributed by atoms with Crippen LogP contribution < -0.4 is 5.32 Å². The van der Waals surface area contributed by atoms with Crippen molar-refractivity contribution in [1.29, 1.82) is 0 Å². The van der Waals surface area contributed by atoms with E-state index >= 15 is 0 Å². The van der Waals surface area contributed by atoms with E-state index in [9.17, 15) is 5.11 Å². The number of rotatable bonds is 7. The van der Waals surface area contributed by atoms with Crippen molar-refractivity contribution in [2.24, 2.45) is 0 Å². The van der Waals surface area contributed by atoms with Crippen LogP contribution in [0.3, 0.4) is 0 Å². The van der Waals surface area contributed by atoms with E-state index in [4.69, 9.17) is 4.74 Å². The zero-order valence-corrected chi connectivity index (χ0v) is 12.1. The zero-order valence-electron chi connectivity index (χ0n) is 12.1. The van der Waals surface area contributed by atoms with Crippen LogP contribution in [-0.2, 0) is 4.74 Å². The van der Waals surface area contributed by atoms with Gasteiger partial charge in [-0.3, -0.25) is 4.90 Å². The molecule has 19 heavy (non-hydrogen) atoms. The molecule has 2 bridgehead atoms. The summed E-state index contributed by atoms with van der Waals surface area (Å²) in [7, 11) is 0. The predicted octanol–water partition coefficient (Wildman–Crippen LogP) is 1.13. The van der Waals surface area contributed by atoms with Crippen LogP contribution in [0.25, 0.3) is 0 Å². The van der Waals surface area contributed by atoms with E-state index in [2.05, 4.69) is 17.1 Å². The molecule has 0 amide bonds. The van der Waals surface area contributed by atoms with Crippen molar-refractivity contribution in [1.82, 2.24) is 10.2 Å². The highest BCUT2D eigenvalue weighted by atomic mass is 16.5. The van der Waals surface area contributed by atoms with Gasteiger partial charge in [-0.1, -0.05) is 0 Å². The number of hydrogen-bond acceptors (Lipinski definition) is 4. The van der Waals surface area contributed by atoms with E-state index in [0.717, 1.165) is 32.5 Å². The minimum atomic E-state index is -0.0769. The van der Waals surface area contributed by atoms with Gasteiger partial charge in [0.25, 0.3) is 0 Å². The normalized spacial score (nSPS) is 34.4. The van der Waals surface area contributed by atoms with E-state index in [1.165, 1.54) is 25.7 Å². The highest BCUT2D eigenvalue weighted by molar-refractivity contribution is 4.92. The Labute approximate surface area is 116 Å². The first-order chi connectivity index (χ1) is 9.17. The summed E-state index contributed by atoms with van der Waals surface area (Å²) in [6, 6.07) is 0.663. The molecule has 0 aromatic rings. The first-order valence-electron chi connectivity index (χ1n) is 7.93. The molecule has 3 atom stereocenters. The fourth-order valence-electron chi connectivity index (χ4n) is 3.49. The van der Waals surface area contributed by atoms with Crippen molar-refractivity contribution < 1.29 is 9.84 Å². The van der Waals surface area contributed by atoms with E-state index in [1.807, 2.05) is 0 Å². The van der Waals surface area contributed by atoms with Gasteiger partial charge in [-0.25, -0.2) is 0 Å². The first kappa shape index (κ1) is 13.8. The van der Waals surface area contributed by atoms with E-state index in [-0.39, 0.29) is 12.1 Å². The summed E-state index contributed by atoms with van der Waals surface area (Å²) < 4.78 is 5.86. The Bertz CT molecular complexity index is 297. The Morgan fingerprint density at radius 2 is 1.89 bits per heavy atom. The van der Waals surface area contributed by atoms with Crippen molar-refractivity contribution in [2.45, 2.75) is 69.2 Å². The molecule has 0 aromatic heterocycles. The van der Waals surface area contributed by atoms with Gasteiger partial charge in [0.05, 0.1) is 18.8 Å². The van der Waals surface area contributed by atoms with Gasteiger partial charge in [0.1, 0.15) is 0 Å². The second-order valence-corrected chi connectivity index (χ2v) is 6.96. The summed E-state index contributed by atoms with van der Waals surface area (Å²) in [5, 5.41) is 13.2. The van der Waals surface area contributed by atoms with Crippen LogP contribution in [0.4, 0.5) is 0 Å². The molecule has 3 rings (SSSR count). The lowest BCUT2D eigenvalue weighted by Crippen LogP contribution is -2.48. The molecule has 4 nitrogen and oxygen atoms in total. The summed E-state index contributed by atoms with van der Waals surface area (Å²) in [6.07, 6.45) is 8.27. The molecule has 2 heterocycles. The molecule has 1 saturated carbocycles. The van der Waals surface area contributed by atoms with Crippen LogP contribution in [0.5, 0.6) is 0 Å². The number of fused-ring (bicyclic) bond motifs is 2. The number of nitrogens with one attached hydrogen (secondary N) is 1. The summed E-state index contributed by atoms with van der Waals surface area (Å²) >= 11 is 0. The summed E-state index contributed by atoms with van der Waals surface area (Å²) in [5.41, 5.74) is -0.0769. The van der Waals surface area contributed by atoms with Crippen molar-refractivity contribution in [2.75, 3.05) is 26.2 Å². The Balaban J connectivity index is 1.39. The number of ether oxygens (including phenoxy) is 1. The van der Waals surface area contributed by atoms with Crippen LogP contribution >= 0.6 is 0 Å². The van der Waals surface area contributed by atoms with Crippen molar-refractivity contribution >= 4 is 0 Å². The lowest BCUT2D eigenvalue weighted by atomic mass is 9.96. The summed E-state index contributed by atoms with van der Waals surface area (Å²) in [6.45, 7) is 5.79. The Kier molecular flexibility index (Phi) is 4.13. The standard InChI is InChI=1S/C15H28N2O2/c1-15(11-18,16-12-3-4-12)7-2-8-17-9-13-5-6-14(10-17)19-13/h12-14,16,18H,2-11H2,1H3. The van der Waals surface area contributed by atoms with Crippen LogP contribution in [0.1, 0.15) is 45.4 Å². The molecular weight excluding hydrogens is 240 g/mol. The van der Waals surface area contributed by atoms with Crippen LogP contribution in [0, 0.1) is 0 Å². The number of aliphatic hydroxyl groups is 1. The largest absolute Gasteiger partial charge is 0.394 e. The number of hydrogen-bond donors (Lipinski definition) is 2. The lowest BCUT2D eigenvalue weighted by molar-refractivity contribution is -0.0391. The predicted molar refractivity (Wildman–Crippen MR) is 75.2 cm³/mol. The molecule has 4 heteroatoms. The van der Waals surface area contributed by atoms with Crippen molar-refractivity contribution in [3.8, 4) is 0 Å². The maximum absolute atomic E-state index is 9.60. The minimum absolute atomic E-state index is 0.0769. The average molecular weight is 268 g/mol. The topological polar surface area (TPSA) is 44.7 Å². The average Bonchev–Trinajstić information content (AvgIpc) is 3.14. The Morgan fingerprint density at radius 1 is 1.21 bits per heavy atom. The van der Waals surface area contributed by atoms with Crippen LogP contribution in [0.15, 0.2) is 0 Å². The van der Waals surface area contributed by atoms with Gasteiger partial charge >= 0.3 is 0 Å². The van der Waals surface area contributed by atoms with Gasteiger partial charge < -0.3 is 15.2 Å². The fourth-order valence-corrected chi connectivity index (χ4v) is 3.49. The van der Waals surface area contributed by atoms with Gasteiger partial charge in [0.15, 0.2) is 0 Å². The SMILES string of the molecule is CC(CO)(CCCN1CC2CCC(C1)O2)NC1CC1. The number of likely N-dealkylation sites (tertiary alicyclic amines) is 1. The maximum Gasteiger partial charge on any atom is 0.0707 e. The molecule has 3 unspecified atom stereocenters. The third-order valence-corrected chi connectivity index (χ3v) is 4.80. The van der Waals surface area contributed by atoms with Gasteiger partial charge in [-0.2, -0.15) is 0 Å². The van der Waals surface area contributed by atoms with Crippen molar-refractivity contribution in [3.05, 3.63) is 0 Å². The van der Waals surface area contributed by atoms with Gasteiger partial charge in [0.2, 0.25) is 0 Å². The third kappa shape index (κ3) is 3.69. The lowest BCUT2D eigenvalue weighted by Gasteiger charge is -2.34. The zero-order chi connectivity index (χ0) is 13.3. The Hall–Kier alpha value is -0.160. The highest BCUT2D eigenvalue weighted by Crippen LogP contribution is 2.27. The molecule has 3 fully saturated rings. The molecule has 2 saturated heterocycles. The molecule has 0 radical (unpaired) electrons. The van der Waals surface area contributed by atoms with Crippen LogP contribution in [-0.4, -0.2) is 60.0 Å². The molecule has 0 spiro atoms. The smallest absolute Gasteiger partial charge is 0.0707 e. The monoisotopic (exact) mass is 268 g/mol. The van der Waals surface area contributed by atoms with Crippen LogP contribution in [0.2, 0.25) is 0 Å². The second-order valence-electron chi connectivity index (χ2n) is 6.96. The molecule has 0 aromatic carbocycles. The van der Waals surface area contributed by atoms with Gasteiger partial charge in [-0.05, 0) is 52.0 Å².